The van der Waals surface area contributed by atoms with Gasteiger partial charge < -0.3 is 4.79 Å². The fourth-order valence-electron chi connectivity index (χ4n) is 5.95. The zero-order chi connectivity index (χ0) is 36.6. The normalized spacial score (nSPS) is 10.5. The van der Waals surface area contributed by atoms with Gasteiger partial charge in [0.25, 0.3) is 0 Å². The van der Waals surface area contributed by atoms with Crippen LogP contribution in [0.2, 0.25) is 0 Å². The fraction of sp³-hybridized carbons (Fsp3) is 0.102. The van der Waals surface area contributed by atoms with Gasteiger partial charge >= 0.3 is 20.4 Å². The maximum atomic E-state index is 11.0. The Balaban J connectivity index is 0.000000244. The summed E-state index contributed by atoms with van der Waals surface area (Å²) in [5.41, 5.74) is 2.39. The third-order valence-electron chi connectivity index (χ3n) is 8.62. The zero-order valence-corrected chi connectivity index (χ0v) is 34.4. The van der Waals surface area contributed by atoms with Crippen LogP contribution in [0.3, 0.4) is 0 Å². The molecule has 7 rings (SSSR count). The van der Waals surface area contributed by atoms with Crippen molar-refractivity contribution in [3.05, 3.63) is 224 Å². The van der Waals surface area contributed by atoms with E-state index in [1.807, 2.05) is 42.5 Å². The van der Waals surface area contributed by atoms with E-state index in [0.717, 1.165) is 5.56 Å². The van der Waals surface area contributed by atoms with Gasteiger partial charge in [-0.15, -0.1) is 24.6 Å². The van der Waals surface area contributed by atoms with E-state index in [1.165, 1.54) is 37.4 Å². The predicted molar refractivity (Wildman–Crippen MR) is 231 cm³/mol. The largest absolute Gasteiger partial charge is 2.00 e. The molecule has 7 aromatic rings. The third kappa shape index (κ3) is 12.1. The number of carbonyl (C=O) groups is 1. The molecule has 0 aliphatic heterocycles. The Morgan fingerprint density at radius 1 is 0.472 bits per heavy atom. The van der Waals surface area contributed by atoms with E-state index in [1.54, 1.807) is 13.3 Å². The van der Waals surface area contributed by atoms with E-state index in [2.05, 4.69) is 185 Å². The number of hydrogen-bond donors (Lipinski definition) is 0. The molecule has 0 aromatic heterocycles. The molecule has 1 nitrogen and oxygen atoms in total. The van der Waals surface area contributed by atoms with Gasteiger partial charge in [0.1, 0.15) is 47.7 Å². The Morgan fingerprint density at radius 3 is 1.06 bits per heavy atom. The first-order chi connectivity index (χ1) is 25.4. The van der Waals surface area contributed by atoms with Gasteiger partial charge in [0.2, 0.25) is 0 Å². The van der Waals surface area contributed by atoms with Crippen molar-refractivity contribution in [3.8, 4) is 0 Å². The topological polar surface area (TPSA) is 17.1 Å². The van der Waals surface area contributed by atoms with E-state index < -0.39 is 15.8 Å². The molecule has 53 heavy (non-hydrogen) atoms. The van der Waals surface area contributed by atoms with Gasteiger partial charge in [0, 0.05) is 5.78 Å². The van der Waals surface area contributed by atoms with Crippen LogP contribution in [0.5, 0.6) is 0 Å². The molecule has 0 fully saturated rings. The van der Waals surface area contributed by atoms with Gasteiger partial charge in [-0.3, -0.25) is 0 Å². The molecule has 0 N–H and O–H groups in total. The summed E-state index contributed by atoms with van der Waals surface area (Å²) in [7, 11) is -2.28. The molecular formula is C49H48OP2Pd+2. The molecule has 0 aliphatic rings. The van der Waals surface area contributed by atoms with Crippen LogP contribution in [0.1, 0.15) is 43.6 Å². The molecule has 0 amide bonds. The summed E-state index contributed by atoms with van der Waals surface area (Å²) in [6.07, 6.45) is 1.56. The maximum Gasteiger partial charge on any atom is 2.00 e. The van der Waals surface area contributed by atoms with Crippen molar-refractivity contribution >= 4 is 53.5 Å². The molecule has 0 saturated carbocycles. The zero-order valence-electron chi connectivity index (χ0n) is 30.9. The number of ketones is 1. The van der Waals surface area contributed by atoms with Crippen molar-refractivity contribution in [2.24, 2.45) is 0 Å². The van der Waals surface area contributed by atoms with Crippen LogP contribution in [0.4, 0.5) is 0 Å². The number of carbonyl (C=O) groups excluding carboxylic acids is 1. The summed E-state index contributed by atoms with van der Waals surface area (Å²) in [6.45, 7) is 8.38. The average Bonchev–Trinajstić information content (AvgIpc) is 3.21. The third-order valence-corrected chi connectivity index (χ3v) is 14.5. The van der Waals surface area contributed by atoms with Crippen LogP contribution in [0.25, 0.3) is 0 Å². The van der Waals surface area contributed by atoms with Gasteiger partial charge in [-0.1, -0.05) is 124 Å². The van der Waals surface area contributed by atoms with Crippen molar-refractivity contribution in [2.45, 2.75) is 33.1 Å². The van der Waals surface area contributed by atoms with Crippen LogP contribution in [-0.4, -0.2) is 5.78 Å². The van der Waals surface area contributed by atoms with Gasteiger partial charge in [0.15, 0.2) is 0 Å². The SMILES string of the molecule is CC(C)(C)c1cc[c-]cc1.C[CH-]C(=O)c1ccccc1.[Pd+2].c1ccc([PH+](c2ccccc2)c2ccccc2[PH+](c2ccccc2)c2ccccc2)cc1. The summed E-state index contributed by atoms with van der Waals surface area (Å²) in [5.74, 6) is 0.0839. The van der Waals surface area contributed by atoms with Gasteiger partial charge in [-0.25, -0.2) is 0 Å². The second-order valence-corrected chi connectivity index (χ2v) is 18.2. The molecule has 0 saturated heterocycles. The maximum absolute atomic E-state index is 11.0. The summed E-state index contributed by atoms with van der Waals surface area (Å²) >= 11 is 0. The Hall–Kier alpha value is -4.40. The molecule has 0 unspecified atom stereocenters. The van der Waals surface area contributed by atoms with Crippen LogP contribution < -0.4 is 31.8 Å². The summed E-state index contributed by atoms with van der Waals surface area (Å²) in [5, 5.41) is 8.71. The van der Waals surface area contributed by atoms with Crippen LogP contribution in [0, 0.1) is 12.5 Å². The van der Waals surface area contributed by atoms with E-state index in [0.29, 0.717) is 0 Å². The second-order valence-electron chi connectivity index (χ2n) is 13.3. The molecule has 7 aromatic carbocycles. The Labute approximate surface area is 333 Å². The number of benzene rings is 7. The van der Waals surface area contributed by atoms with Crippen LogP contribution in [-0.2, 0) is 25.8 Å². The van der Waals surface area contributed by atoms with Crippen LogP contribution >= 0.6 is 15.8 Å². The first-order valence-corrected chi connectivity index (χ1v) is 20.8. The van der Waals surface area contributed by atoms with Gasteiger partial charge in [-0.05, 0) is 66.1 Å². The quantitative estimate of drug-likeness (QED) is 0.0647. The van der Waals surface area contributed by atoms with Crippen molar-refractivity contribution in [3.63, 3.8) is 0 Å². The summed E-state index contributed by atoms with van der Waals surface area (Å²) in [4.78, 5) is 11.0. The summed E-state index contributed by atoms with van der Waals surface area (Å²) in [6, 6.07) is 73.8. The molecule has 0 radical (unpaired) electrons. The Kier molecular flexibility index (Phi) is 16.7. The van der Waals surface area contributed by atoms with Crippen molar-refractivity contribution in [2.75, 3.05) is 0 Å². The minimum atomic E-state index is -1.14. The second kappa shape index (κ2) is 21.3. The monoisotopic (exact) mass is 820 g/mol. The molecule has 268 valence electrons. The Bertz CT molecular complexity index is 1870. The van der Waals surface area contributed by atoms with E-state index in [-0.39, 0.29) is 31.6 Å². The van der Waals surface area contributed by atoms with E-state index in [9.17, 15) is 4.79 Å². The molecule has 0 heterocycles. The van der Waals surface area contributed by atoms with Crippen molar-refractivity contribution in [1.82, 2.24) is 0 Å². The molecular weight excluding hydrogens is 773 g/mol. The number of rotatable bonds is 8. The molecule has 4 heteroatoms. The van der Waals surface area contributed by atoms with E-state index >= 15 is 0 Å². The first-order valence-electron chi connectivity index (χ1n) is 17.8. The molecule has 0 atom stereocenters. The Morgan fingerprint density at radius 2 is 0.774 bits per heavy atom. The van der Waals surface area contributed by atoms with Crippen molar-refractivity contribution in [1.29, 1.82) is 0 Å². The fourth-order valence-corrected chi connectivity index (χ4v) is 11.9. The minimum absolute atomic E-state index is 0. The average molecular weight is 821 g/mol. The first kappa shape index (κ1) is 41.4. The molecule has 0 bridgehead atoms. The van der Waals surface area contributed by atoms with Gasteiger partial charge in [0.05, 0.1) is 0 Å². The predicted octanol–water partition coefficient (Wildman–Crippen LogP) is 9.54. The van der Waals surface area contributed by atoms with Gasteiger partial charge in [-0.2, -0.15) is 42.3 Å². The standard InChI is InChI=1S/C30H24P2.C10H13.C9H9O.Pd/c1-5-15-25(16-6-1)31(26-17-7-2-8-18-26)29-23-13-14-24-30(29)32(27-19-9-3-10-20-27)28-21-11-4-12-22-28;1-10(2,3)9-7-5-4-6-8-9;1-2-9(10)8-6-4-3-5-7-8;/h1-24H;5-8H,1-3H3;2-7H,1H3;/q;2*-1;+2/p+2. The number of hydrogen-bond acceptors (Lipinski definition) is 1. The van der Waals surface area contributed by atoms with Crippen molar-refractivity contribution < 1.29 is 25.2 Å². The smallest absolute Gasteiger partial charge is 0.332 e. The van der Waals surface area contributed by atoms with E-state index in [4.69, 9.17) is 0 Å². The molecule has 0 spiro atoms. The minimum Gasteiger partial charge on any atom is -0.332 e. The molecule has 0 aliphatic carbocycles. The summed E-state index contributed by atoms with van der Waals surface area (Å²) < 4.78 is 0. The van der Waals surface area contributed by atoms with Crippen LogP contribution in [0.15, 0.2) is 200 Å². The number of Topliss-reactive ketones (excluding diaryl/α,β-unsaturated/α-hetero) is 1.